The Labute approximate surface area is 229 Å². The van der Waals surface area contributed by atoms with Crippen LogP contribution in [-0.2, 0) is 54.9 Å². The maximum atomic E-state index is 13.3. The molecule has 4 aromatic rings. The van der Waals surface area contributed by atoms with E-state index in [1.165, 1.54) is 0 Å². The van der Waals surface area contributed by atoms with Crippen LogP contribution >= 0.6 is 0 Å². The number of carbonyl (C=O) groups excluding carboxylic acids is 1. The van der Waals surface area contributed by atoms with Gasteiger partial charge < -0.3 is 23.7 Å². The number of cyclic esters (lactones) is 1. The molecule has 200 valence electrons. The van der Waals surface area contributed by atoms with E-state index in [0.717, 1.165) is 22.3 Å². The fraction of sp³-hybridized carbons (Fsp3) is 0.242. The van der Waals surface area contributed by atoms with E-state index < -0.39 is 30.6 Å². The minimum Gasteiger partial charge on any atom is -0.431 e. The third kappa shape index (κ3) is 7.62. The Morgan fingerprint density at radius 2 is 0.821 bits per heavy atom. The number of hydrogen-bond acceptors (Lipinski definition) is 6. The van der Waals surface area contributed by atoms with Crippen LogP contribution in [0.4, 0.5) is 0 Å². The van der Waals surface area contributed by atoms with Crippen LogP contribution in [0.25, 0.3) is 0 Å². The average molecular weight is 525 g/mol. The molecule has 1 saturated heterocycles. The lowest BCUT2D eigenvalue weighted by molar-refractivity contribution is -0.283. The Morgan fingerprint density at radius 3 is 1.26 bits per heavy atom. The van der Waals surface area contributed by atoms with Gasteiger partial charge in [-0.25, -0.2) is 4.79 Å². The quantitative estimate of drug-likeness (QED) is 0.217. The molecular formula is C33H32O6. The predicted molar refractivity (Wildman–Crippen MR) is 146 cm³/mol. The van der Waals surface area contributed by atoms with Crippen molar-refractivity contribution in [3.63, 3.8) is 0 Å². The summed E-state index contributed by atoms with van der Waals surface area (Å²) in [7, 11) is 0. The monoisotopic (exact) mass is 524 g/mol. The van der Waals surface area contributed by atoms with Gasteiger partial charge in [0.2, 0.25) is 6.29 Å². The van der Waals surface area contributed by atoms with Crippen LogP contribution in [0.3, 0.4) is 0 Å². The summed E-state index contributed by atoms with van der Waals surface area (Å²) in [6.07, 6.45) is -3.46. The maximum Gasteiger partial charge on any atom is 0.340 e. The molecule has 1 aliphatic heterocycles. The highest BCUT2D eigenvalue weighted by Gasteiger charge is 2.49. The van der Waals surface area contributed by atoms with Gasteiger partial charge in [0.15, 0.2) is 6.10 Å². The van der Waals surface area contributed by atoms with Gasteiger partial charge in [-0.2, -0.15) is 0 Å². The average Bonchev–Trinajstić information content (AvgIpc) is 3.00. The van der Waals surface area contributed by atoms with E-state index in [1.54, 1.807) is 0 Å². The highest BCUT2D eigenvalue weighted by Crippen LogP contribution is 2.29. The van der Waals surface area contributed by atoms with Crippen LogP contribution in [0.15, 0.2) is 121 Å². The summed E-state index contributed by atoms with van der Waals surface area (Å²) in [6.45, 7) is 1.06. The molecule has 6 nitrogen and oxygen atoms in total. The van der Waals surface area contributed by atoms with Gasteiger partial charge in [0.1, 0.15) is 12.2 Å². The van der Waals surface area contributed by atoms with Crippen LogP contribution < -0.4 is 0 Å². The first-order valence-electron chi connectivity index (χ1n) is 13.1. The molecule has 0 spiro atoms. The van der Waals surface area contributed by atoms with E-state index in [4.69, 9.17) is 23.7 Å². The van der Waals surface area contributed by atoms with E-state index in [-0.39, 0.29) is 19.8 Å². The van der Waals surface area contributed by atoms with Crippen molar-refractivity contribution in [2.45, 2.75) is 51.0 Å². The van der Waals surface area contributed by atoms with Gasteiger partial charge in [0.05, 0.1) is 26.4 Å². The van der Waals surface area contributed by atoms with Crippen molar-refractivity contribution in [2.75, 3.05) is 0 Å². The number of esters is 1. The zero-order valence-corrected chi connectivity index (χ0v) is 21.6. The first kappa shape index (κ1) is 26.8. The molecule has 1 fully saturated rings. The first-order chi connectivity index (χ1) is 19.3. The van der Waals surface area contributed by atoms with E-state index in [0.29, 0.717) is 6.61 Å². The number of ether oxygens (including phenoxy) is 5. The van der Waals surface area contributed by atoms with E-state index in [9.17, 15) is 4.79 Å². The molecule has 4 atom stereocenters. The lowest BCUT2D eigenvalue weighted by Gasteiger charge is -2.40. The van der Waals surface area contributed by atoms with E-state index >= 15 is 0 Å². The normalized spacial score (nSPS) is 20.9. The third-order valence-corrected chi connectivity index (χ3v) is 6.46. The van der Waals surface area contributed by atoms with Gasteiger partial charge in [0, 0.05) is 0 Å². The Balaban J connectivity index is 1.39. The van der Waals surface area contributed by atoms with Crippen LogP contribution in [0.2, 0.25) is 0 Å². The van der Waals surface area contributed by atoms with Crippen LogP contribution in [0.5, 0.6) is 0 Å². The number of carbonyl (C=O) groups is 1. The summed E-state index contributed by atoms with van der Waals surface area (Å²) >= 11 is 0. The van der Waals surface area contributed by atoms with Crippen molar-refractivity contribution >= 4 is 5.97 Å². The summed E-state index contributed by atoms with van der Waals surface area (Å²) in [6, 6.07) is 39.1. The van der Waals surface area contributed by atoms with Crippen LogP contribution in [-0.4, -0.2) is 30.6 Å². The Kier molecular flexibility index (Phi) is 9.50. The minimum absolute atomic E-state index is 0.229. The second kappa shape index (κ2) is 13.8. The van der Waals surface area contributed by atoms with Gasteiger partial charge in [-0.3, -0.25) is 0 Å². The number of hydrogen-bond donors (Lipinski definition) is 0. The highest BCUT2D eigenvalue weighted by molar-refractivity contribution is 5.76. The number of rotatable bonds is 12. The molecule has 0 bridgehead atoms. The van der Waals surface area contributed by atoms with Crippen molar-refractivity contribution in [1.82, 2.24) is 0 Å². The second-order valence-corrected chi connectivity index (χ2v) is 9.34. The van der Waals surface area contributed by atoms with Gasteiger partial charge >= 0.3 is 5.97 Å². The third-order valence-electron chi connectivity index (χ3n) is 6.46. The van der Waals surface area contributed by atoms with Crippen LogP contribution in [0.1, 0.15) is 22.3 Å². The van der Waals surface area contributed by atoms with Crippen LogP contribution in [0, 0.1) is 0 Å². The molecule has 0 aromatic heterocycles. The van der Waals surface area contributed by atoms with Gasteiger partial charge in [-0.1, -0.05) is 121 Å². The predicted octanol–water partition coefficient (Wildman–Crippen LogP) is 5.84. The zero-order valence-electron chi connectivity index (χ0n) is 21.6. The smallest absolute Gasteiger partial charge is 0.340 e. The lowest BCUT2D eigenvalue weighted by Crippen LogP contribution is -2.59. The Bertz CT molecular complexity index is 1270. The molecule has 4 aromatic carbocycles. The molecule has 6 heteroatoms. The van der Waals surface area contributed by atoms with Crippen molar-refractivity contribution in [2.24, 2.45) is 0 Å². The van der Waals surface area contributed by atoms with E-state index in [2.05, 4.69) is 0 Å². The fourth-order valence-corrected chi connectivity index (χ4v) is 4.40. The Morgan fingerprint density at radius 1 is 0.462 bits per heavy atom. The Hall–Kier alpha value is -3.81. The van der Waals surface area contributed by atoms with Gasteiger partial charge in [-0.05, 0) is 22.3 Å². The standard InChI is InChI=1S/C33H32O6/c34-32-30(36-22-26-15-7-2-8-16-26)29(35-21-25-13-5-1-6-14-25)31(37-23-27-17-9-3-10-18-27)33(39-32)38-24-28-19-11-4-12-20-28/h1-20,29-31,33H,21-24H2/t29?,30-,31+,33+/m1/s1. The lowest BCUT2D eigenvalue weighted by atomic mass is 10.0. The van der Waals surface area contributed by atoms with E-state index in [1.807, 2.05) is 121 Å². The minimum atomic E-state index is -0.994. The highest BCUT2D eigenvalue weighted by atomic mass is 16.7. The molecule has 0 N–H and O–H groups in total. The molecule has 39 heavy (non-hydrogen) atoms. The van der Waals surface area contributed by atoms with Crippen molar-refractivity contribution in [3.05, 3.63) is 144 Å². The summed E-state index contributed by atoms with van der Waals surface area (Å²) in [5, 5.41) is 0. The summed E-state index contributed by atoms with van der Waals surface area (Å²) in [5.74, 6) is -0.540. The molecule has 0 radical (unpaired) electrons. The van der Waals surface area contributed by atoms with Crippen molar-refractivity contribution < 1.29 is 28.5 Å². The molecule has 0 aliphatic carbocycles. The summed E-state index contributed by atoms with van der Waals surface area (Å²) < 4.78 is 30.9. The molecule has 1 unspecified atom stereocenters. The van der Waals surface area contributed by atoms with Crippen molar-refractivity contribution in [3.8, 4) is 0 Å². The maximum absolute atomic E-state index is 13.3. The number of benzene rings is 4. The second-order valence-electron chi connectivity index (χ2n) is 9.34. The van der Waals surface area contributed by atoms with Gasteiger partial charge in [-0.15, -0.1) is 0 Å². The molecule has 1 heterocycles. The first-order valence-corrected chi connectivity index (χ1v) is 13.1. The summed E-state index contributed by atoms with van der Waals surface area (Å²) in [5.41, 5.74) is 3.86. The SMILES string of the molecule is O=C1O[C@H](OCc2ccccc2)[C@@H](OCc2ccccc2)C(OCc2ccccc2)[C@H]1OCc1ccccc1. The molecular weight excluding hydrogens is 492 g/mol. The van der Waals surface area contributed by atoms with Gasteiger partial charge in [0.25, 0.3) is 0 Å². The molecule has 5 rings (SSSR count). The molecule has 0 amide bonds. The zero-order chi connectivity index (χ0) is 26.7. The molecule has 0 saturated carbocycles. The fourth-order valence-electron chi connectivity index (χ4n) is 4.40. The summed E-state index contributed by atoms with van der Waals surface area (Å²) in [4.78, 5) is 13.3. The molecule has 1 aliphatic rings. The topological polar surface area (TPSA) is 63.2 Å². The largest absolute Gasteiger partial charge is 0.431 e. The van der Waals surface area contributed by atoms with Crippen molar-refractivity contribution in [1.29, 1.82) is 0 Å².